The molecule has 1 unspecified atom stereocenters. The summed E-state index contributed by atoms with van der Waals surface area (Å²) in [5, 5.41) is 3.03. The average molecular weight is 273 g/mol. The molecule has 0 spiro atoms. The van der Waals surface area contributed by atoms with Crippen molar-refractivity contribution in [2.75, 3.05) is 25.0 Å². The Kier molecular flexibility index (Phi) is 4.29. The van der Waals surface area contributed by atoms with Crippen molar-refractivity contribution in [1.82, 2.24) is 10.3 Å². The smallest absolute Gasteiger partial charge is 0.369 e. The largest absolute Gasteiger partial charge is 0.393 e. The van der Waals surface area contributed by atoms with Crippen LogP contribution in [0, 0.1) is 5.92 Å². The summed E-state index contributed by atoms with van der Waals surface area (Å²) >= 11 is 0. The molecule has 0 aromatic carbocycles. The molecular formula is C13H18F3N3. The molecule has 6 heteroatoms. The Morgan fingerprint density at radius 3 is 2.95 bits per heavy atom. The van der Waals surface area contributed by atoms with Crippen molar-refractivity contribution < 1.29 is 13.2 Å². The topological polar surface area (TPSA) is 28.2 Å². The van der Waals surface area contributed by atoms with Gasteiger partial charge >= 0.3 is 6.18 Å². The number of nitrogens with zero attached hydrogens (tertiary/aromatic N) is 2. The summed E-state index contributed by atoms with van der Waals surface area (Å²) in [5.41, 5.74) is 1.80. The highest BCUT2D eigenvalue weighted by atomic mass is 19.4. The van der Waals surface area contributed by atoms with E-state index in [0.717, 1.165) is 11.3 Å². The number of hydrogen-bond donors (Lipinski definition) is 1. The van der Waals surface area contributed by atoms with Crippen LogP contribution < -0.4 is 10.2 Å². The van der Waals surface area contributed by atoms with E-state index in [9.17, 15) is 13.2 Å². The molecule has 1 atom stereocenters. The zero-order valence-corrected chi connectivity index (χ0v) is 10.9. The average Bonchev–Trinajstić information content (AvgIpc) is 2.39. The SMILES string of the molecule is CNCc1ccncc1N1CCCC(C(F)(F)F)C1. The van der Waals surface area contributed by atoms with Crippen molar-refractivity contribution in [3.05, 3.63) is 24.0 Å². The van der Waals surface area contributed by atoms with Gasteiger partial charge in [-0.25, -0.2) is 0 Å². The van der Waals surface area contributed by atoms with Crippen LogP contribution in [0.5, 0.6) is 0 Å². The fourth-order valence-electron chi connectivity index (χ4n) is 2.50. The van der Waals surface area contributed by atoms with Gasteiger partial charge in [0.25, 0.3) is 0 Å². The second kappa shape index (κ2) is 5.77. The monoisotopic (exact) mass is 273 g/mol. The first kappa shape index (κ1) is 14.1. The van der Waals surface area contributed by atoms with Gasteiger partial charge in [-0.1, -0.05) is 0 Å². The number of alkyl halides is 3. The normalized spacial score (nSPS) is 20.6. The molecule has 2 rings (SSSR count). The summed E-state index contributed by atoms with van der Waals surface area (Å²) < 4.78 is 38.5. The molecule has 1 aliphatic rings. The lowest BCUT2D eigenvalue weighted by atomic mass is 9.96. The van der Waals surface area contributed by atoms with Crippen molar-refractivity contribution in [3.8, 4) is 0 Å². The highest BCUT2D eigenvalue weighted by molar-refractivity contribution is 5.52. The van der Waals surface area contributed by atoms with Crippen molar-refractivity contribution in [1.29, 1.82) is 0 Å². The lowest BCUT2D eigenvalue weighted by Crippen LogP contribution is -2.42. The number of aromatic nitrogens is 1. The lowest BCUT2D eigenvalue weighted by molar-refractivity contribution is -0.176. The molecule has 1 saturated heterocycles. The van der Waals surface area contributed by atoms with Crippen LogP contribution in [0.3, 0.4) is 0 Å². The summed E-state index contributed by atoms with van der Waals surface area (Å²) in [7, 11) is 1.82. The number of rotatable bonds is 3. The van der Waals surface area contributed by atoms with Crippen LogP contribution in [0.1, 0.15) is 18.4 Å². The second-order valence-electron chi connectivity index (χ2n) is 4.86. The zero-order chi connectivity index (χ0) is 13.9. The van der Waals surface area contributed by atoms with Gasteiger partial charge in [0.2, 0.25) is 0 Å². The predicted molar refractivity (Wildman–Crippen MR) is 68.0 cm³/mol. The van der Waals surface area contributed by atoms with Crippen LogP contribution in [-0.4, -0.2) is 31.3 Å². The number of anilines is 1. The van der Waals surface area contributed by atoms with Gasteiger partial charge in [-0.15, -0.1) is 0 Å². The van der Waals surface area contributed by atoms with Gasteiger partial charge in [-0.2, -0.15) is 13.2 Å². The third kappa shape index (κ3) is 3.37. The number of halogens is 3. The summed E-state index contributed by atoms with van der Waals surface area (Å²) in [6, 6.07) is 1.85. The minimum absolute atomic E-state index is 0.0336. The zero-order valence-electron chi connectivity index (χ0n) is 10.9. The maximum absolute atomic E-state index is 12.8. The quantitative estimate of drug-likeness (QED) is 0.917. The Morgan fingerprint density at radius 2 is 2.26 bits per heavy atom. The third-order valence-electron chi connectivity index (χ3n) is 3.48. The van der Waals surface area contributed by atoms with E-state index in [1.807, 2.05) is 13.1 Å². The van der Waals surface area contributed by atoms with E-state index in [2.05, 4.69) is 10.3 Å². The third-order valence-corrected chi connectivity index (χ3v) is 3.48. The Bertz CT molecular complexity index is 420. The van der Waals surface area contributed by atoms with Gasteiger partial charge in [0.05, 0.1) is 17.8 Å². The van der Waals surface area contributed by atoms with E-state index in [-0.39, 0.29) is 13.0 Å². The Labute approximate surface area is 110 Å². The van der Waals surface area contributed by atoms with Gasteiger partial charge in [0.15, 0.2) is 0 Å². The molecule has 0 amide bonds. The number of pyridine rings is 1. The van der Waals surface area contributed by atoms with Crippen molar-refractivity contribution in [2.24, 2.45) is 5.92 Å². The maximum Gasteiger partial charge on any atom is 0.393 e. The Balaban J connectivity index is 2.17. The molecule has 1 N–H and O–H groups in total. The highest BCUT2D eigenvalue weighted by Gasteiger charge is 2.42. The van der Waals surface area contributed by atoms with Crippen LogP contribution >= 0.6 is 0 Å². The minimum atomic E-state index is -4.11. The predicted octanol–water partition coefficient (Wildman–Crippen LogP) is 2.58. The van der Waals surface area contributed by atoms with Crippen LogP contribution in [0.25, 0.3) is 0 Å². The van der Waals surface area contributed by atoms with E-state index in [1.54, 1.807) is 17.3 Å². The highest BCUT2D eigenvalue weighted by Crippen LogP contribution is 2.35. The molecule has 0 radical (unpaired) electrons. The maximum atomic E-state index is 12.8. The molecular weight excluding hydrogens is 255 g/mol. The van der Waals surface area contributed by atoms with E-state index in [1.165, 1.54) is 0 Å². The molecule has 1 aromatic rings. The van der Waals surface area contributed by atoms with E-state index in [0.29, 0.717) is 19.5 Å². The minimum Gasteiger partial charge on any atom is -0.369 e. The van der Waals surface area contributed by atoms with Gasteiger partial charge in [0, 0.05) is 25.8 Å². The van der Waals surface area contributed by atoms with Crippen LogP contribution in [0.4, 0.5) is 18.9 Å². The molecule has 0 aliphatic carbocycles. The summed E-state index contributed by atoms with van der Waals surface area (Å²) in [6.07, 6.45) is 0.0104. The fourth-order valence-corrected chi connectivity index (χ4v) is 2.50. The molecule has 3 nitrogen and oxygen atoms in total. The van der Waals surface area contributed by atoms with E-state index in [4.69, 9.17) is 0 Å². The van der Waals surface area contributed by atoms with Crippen molar-refractivity contribution >= 4 is 5.69 Å². The van der Waals surface area contributed by atoms with Gasteiger partial charge in [-0.05, 0) is 31.5 Å². The van der Waals surface area contributed by atoms with Crippen LogP contribution in [0.2, 0.25) is 0 Å². The molecule has 1 aliphatic heterocycles. The number of nitrogens with one attached hydrogen (secondary N) is 1. The Morgan fingerprint density at radius 1 is 1.47 bits per heavy atom. The first-order valence-corrected chi connectivity index (χ1v) is 6.41. The lowest BCUT2D eigenvalue weighted by Gasteiger charge is -2.36. The first-order chi connectivity index (χ1) is 9.02. The van der Waals surface area contributed by atoms with Gasteiger partial charge < -0.3 is 10.2 Å². The number of piperidine rings is 1. The molecule has 1 fully saturated rings. The van der Waals surface area contributed by atoms with Crippen LogP contribution in [0.15, 0.2) is 18.5 Å². The van der Waals surface area contributed by atoms with E-state index < -0.39 is 12.1 Å². The van der Waals surface area contributed by atoms with Gasteiger partial charge in [0.1, 0.15) is 0 Å². The standard InChI is InChI=1S/C13H18F3N3/c1-17-7-10-4-5-18-8-12(10)19-6-2-3-11(9-19)13(14,15)16/h4-5,8,11,17H,2-3,6-7,9H2,1H3. The molecule has 106 valence electrons. The summed E-state index contributed by atoms with van der Waals surface area (Å²) in [5.74, 6) is -1.23. The van der Waals surface area contributed by atoms with Crippen molar-refractivity contribution in [2.45, 2.75) is 25.6 Å². The first-order valence-electron chi connectivity index (χ1n) is 6.41. The van der Waals surface area contributed by atoms with E-state index >= 15 is 0 Å². The number of hydrogen-bond acceptors (Lipinski definition) is 3. The Hall–Kier alpha value is -1.30. The fraction of sp³-hybridized carbons (Fsp3) is 0.615. The van der Waals surface area contributed by atoms with Gasteiger partial charge in [-0.3, -0.25) is 4.98 Å². The molecule has 2 heterocycles. The summed E-state index contributed by atoms with van der Waals surface area (Å²) in [6.45, 7) is 1.33. The molecule has 1 aromatic heterocycles. The second-order valence-corrected chi connectivity index (χ2v) is 4.86. The molecule has 0 bridgehead atoms. The molecule has 19 heavy (non-hydrogen) atoms. The molecule has 0 saturated carbocycles. The van der Waals surface area contributed by atoms with Crippen LogP contribution in [-0.2, 0) is 6.54 Å². The summed E-state index contributed by atoms with van der Waals surface area (Å²) in [4.78, 5) is 5.85. The van der Waals surface area contributed by atoms with Crippen molar-refractivity contribution in [3.63, 3.8) is 0 Å².